The first-order valence-corrected chi connectivity index (χ1v) is 9.53. The fourth-order valence-corrected chi connectivity index (χ4v) is 2.83. The second kappa shape index (κ2) is 10.1. The third kappa shape index (κ3) is 5.35. The summed E-state index contributed by atoms with van der Waals surface area (Å²) in [6.07, 6.45) is 3.10. The Hall–Kier alpha value is -2.29. The van der Waals surface area contributed by atoms with Crippen molar-refractivity contribution < 1.29 is 14.3 Å². The maximum absolute atomic E-state index is 12.1. The maximum Gasteiger partial charge on any atom is 0.249 e. The van der Waals surface area contributed by atoms with Crippen LogP contribution in [0.1, 0.15) is 44.7 Å². The first-order valence-electron chi connectivity index (χ1n) is 9.01. The molecular weight excluding hydrogens is 366 g/mol. The number of aromatic nitrogens is 4. The number of hydrogen-bond acceptors (Lipinski definition) is 7. The van der Waals surface area contributed by atoms with Crippen molar-refractivity contribution in [3.63, 3.8) is 0 Å². The van der Waals surface area contributed by atoms with Gasteiger partial charge < -0.3 is 9.47 Å². The molecule has 1 aromatic heterocycles. The molecule has 8 nitrogen and oxygen atoms in total. The highest BCUT2D eigenvalue weighted by atomic mass is 32.1. The van der Waals surface area contributed by atoms with Crippen molar-refractivity contribution in [3.05, 3.63) is 23.8 Å². The van der Waals surface area contributed by atoms with E-state index in [-0.39, 0.29) is 17.2 Å². The molecule has 2 unspecified atom stereocenters. The Morgan fingerprint density at radius 3 is 2.59 bits per heavy atom. The van der Waals surface area contributed by atoms with Gasteiger partial charge in [-0.3, -0.25) is 10.1 Å². The van der Waals surface area contributed by atoms with Gasteiger partial charge in [0.1, 0.15) is 0 Å². The number of tetrazole rings is 1. The molecule has 1 heterocycles. The van der Waals surface area contributed by atoms with E-state index < -0.39 is 0 Å². The number of hydrogen-bond donors (Lipinski definition) is 2. The largest absolute Gasteiger partial charge is 0.493 e. The van der Waals surface area contributed by atoms with Crippen molar-refractivity contribution >= 4 is 24.5 Å². The van der Waals surface area contributed by atoms with Gasteiger partial charge in [-0.05, 0) is 53.8 Å². The summed E-state index contributed by atoms with van der Waals surface area (Å²) in [4.78, 5) is 12.1. The zero-order chi connectivity index (χ0) is 19.8. The van der Waals surface area contributed by atoms with Crippen LogP contribution in [0.2, 0.25) is 0 Å². The van der Waals surface area contributed by atoms with Crippen molar-refractivity contribution in [3.8, 4) is 11.5 Å². The van der Waals surface area contributed by atoms with Crippen LogP contribution in [0.25, 0.3) is 0 Å². The Morgan fingerprint density at radius 2 is 1.96 bits per heavy atom. The van der Waals surface area contributed by atoms with Gasteiger partial charge in [0, 0.05) is 0 Å². The molecule has 1 aromatic carbocycles. The summed E-state index contributed by atoms with van der Waals surface area (Å²) in [6.45, 7) is 3.97. The van der Waals surface area contributed by atoms with E-state index in [0.29, 0.717) is 23.9 Å². The molecule has 0 fully saturated rings. The summed E-state index contributed by atoms with van der Waals surface area (Å²) < 4.78 is 12.3. The standard InChI is InChI=1S/C18H27N5O3S/c1-5-13(9-7-12-8-10-14(25-3)15(11-12)26-4)23-18(20-21-22-23)19-17(24)16(27)6-2/h8,10-11,13,16,27H,5-7,9H2,1-4H3,(H,19,20,22,24). The number of carbonyl (C=O) groups is 1. The molecule has 9 heteroatoms. The quantitative estimate of drug-likeness (QED) is 0.603. The molecule has 2 rings (SSSR count). The Morgan fingerprint density at radius 1 is 1.22 bits per heavy atom. The maximum atomic E-state index is 12.1. The molecule has 27 heavy (non-hydrogen) atoms. The van der Waals surface area contributed by atoms with E-state index in [9.17, 15) is 4.79 Å². The van der Waals surface area contributed by atoms with Crippen molar-refractivity contribution in [2.24, 2.45) is 0 Å². The highest BCUT2D eigenvalue weighted by molar-refractivity contribution is 7.81. The lowest BCUT2D eigenvalue weighted by molar-refractivity contribution is -0.115. The number of nitrogens with one attached hydrogen (secondary N) is 1. The van der Waals surface area contributed by atoms with Crippen LogP contribution in [-0.2, 0) is 11.2 Å². The van der Waals surface area contributed by atoms with E-state index in [1.807, 2.05) is 25.1 Å². The van der Waals surface area contributed by atoms with Gasteiger partial charge in [-0.2, -0.15) is 12.6 Å². The lowest BCUT2D eigenvalue weighted by Gasteiger charge is -2.17. The van der Waals surface area contributed by atoms with Crippen molar-refractivity contribution in [1.29, 1.82) is 0 Å². The molecule has 2 aromatic rings. The van der Waals surface area contributed by atoms with Crippen LogP contribution in [-0.4, -0.2) is 45.6 Å². The lowest BCUT2D eigenvalue weighted by atomic mass is 10.0. The zero-order valence-corrected chi connectivity index (χ0v) is 17.1. The van der Waals surface area contributed by atoms with Crippen LogP contribution in [0.5, 0.6) is 11.5 Å². The molecule has 0 aliphatic heterocycles. The van der Waals surface area contributed by atoms with E-state index in [1.165, 1.54) is 0 Å². The summed E-state index contributed by atoms with van der Waals surface area (Å²) in [5.74, 6) is 1.56. The van der Waals surface area contributed by atoms with Crippen molar-refractivity contribution in [2.45, 2.75) is 50.8 Å². The van der Waals surface area contributed by atoms with Gasteiger partial charge in [-0.15, -0.1) is 0 Å². The van der Waals surface area contributed by atoms with Gasteiger partial charge in [-0.25, -0.2) is 4.68 Å². The van der Waals surface area contributed by atoms with Crippen LogP contribution in [0, 0.1) is 0 Å². The van der Waals surface area contributed by atoms with Gasteiger partial charge in [-0.1, -0.05) is 25.0 Å². The van der Waals surface area contributed by atoms with Crippen LogP contribution in [0.3, 0.4) is 0 Å². The average molecular weight is 394 g/mol. The van der Waals surface area contributed by atoms with Gasteiger partial charge in [0.25, 0.3) is 0 Å². The van der Waals surface area contributed by atoms with Crippen LogP contribution < -0.4 is 14.8 Å². The van der Waals surface area contributed by atoms with Gasteiger partial charge >= 0.3 is 0 Å². The molecule has 1 N–H and O–H groups in total. The Bertz CT molecular complexity index is 752. The number of anilines is 1. The summed E-state index contributed by atoms with van der Waals surface area (Å²) in [7, 11) is 3.24. The van der Waals surface area contributed by atoms with Crippen LogP contribution in [0.15, 0.2) is 18.2 Å². The highest BCUT2D eigenvalue weighted by Crippen LogP contribution is 2.29. The minimum Gasteiger partial charge on any atom is -0.493 e. The Balaban J connectivity index is 2.08. The number of rotatable bonds is 10. The number of benzene rings is 1. The molecule has 0 radical (unpaired) electrons. The molecule has 0 saturated heterocycles. The van der Waals surface area contributed by atoms with Crippen LogP contribution >= 0.6 is 12.6 Å². The minimum atomic E-state index is -0.387. The first kappa shape index (κ1) is 21.0. The first-order chi connectivity index (χ1) is 13.0. The van der Waals surface area contributed by atoms with E-state index in [2.05, 4.69) is 40.4 Å². The highest BCUT2D eigenvalue weighted by Gasteiger charge is 2.20. The average Bonchev–Trinajstić information content (AvgIpc) is 3.15. The SMILES string of the molecule is CCC(S)C(=O)Nc1nnnn1C(CC)CCc1ccc(OC)c(OC)c1. The summed E-state index contributed by atoms with van der Waals surface area (Å²) in [5.41, 5.74) is 1.13. The predicted molar refractivity (Wildman–Crippen MR) is 107 cm³/mol. The van der Waals surface area contributed by atoms with E-state index in [4.69, 9.17) is 9.47 Å². The molecule has 2 atom stereocenters. The normalized spacial score (nSPS) is 13.1. The monoisotopic (exact) mass is 393 g/mol. The molecule has 0 aliphatic rings. The van der Waals surface area contributed by atoms with Gasteiger partial charge in [0.2, 0.25) is 11.9 Å². The lowest BCUT2D eigenvalue weighted by Crippen LogP contribution is -2.26. The fraction of sp³-hybridized carbons (Fsp3) is 0.556. The predicted octanol–water partition coefficient (Wildman–Crippen LogP) is 2.92. The molecular formula is C18H27N5O3S. The number of nitrogens with zero attached hydrogens (tertiary/aromatic N) is 4. The zero-order valence-electron chi connectivity index (χ0n) is 16.2. The van der Waals surface area contributed by atoms with E-state index in [1.54, 1.807) is 18.9 Å². The summed E-state index contributed by atoms with van der Waals surface area (Å²) in [6, 6.07) is 5.95. The molecule has 0 bridgehead atoms. The fourth-order valence-electron chi connectivity index (χ4n) is 2.77. The number of aryl methyl sites for hydroxylation is 1. The molecule has 1 amide bonds. The topological polar surface area (TPSA) is 91.2 Å². The Labute approximate surface area is 165 Å². The van der Waals surface area contributed by atoms with Gasteiger partial charge in [0.05, 0.1) is 25.5 Å². The van der Waals surface area contributed by atoms with Crippen molar-refractivity contribution in [2.75, 3.05) is 19.5 Å². The summed E-state index contributed by atoms with van der Waals surface area (Å²) in [5, 5.41) is 14.1. The van der Waals surface area contributed by atoms with E-state index >= 15 is 0 Å². The number of amides is 1. The number of ether oxygens (including phenoxy) is 2. The van der Waals surface area contributed by atoms with E-state index in [0.717, 1.165) is 24.8 Å². The number of carbonyl (C=O) groups excluding carboxylic acids is 1. The molecule has 148 valence electrons. The molecule has 0 saturated carbocycles. The third-order valence-electron chi connectivity index (χ3n) is 4.45. The summed E-state index contributed by atoms with van der Waals surface area (Å²) >= 11 is 4.26. The molecule has 0 aliphatic carbocycles. The minimum absolute atomic E-state index is 0.0587. The number of methoxy groups -OCH3 is 2. The second-order valence-corrected chi connectivity index (χ2v) is 6.77. The molecule has 0 spiro atoms. The van der Waals surface area contributed by atoms with Gasteiger partial charge in [0.15, 0.2) is 11.5 Å². The number of thiol groups is 1. The Kier molecular flexibility index (Phi) is 7.90. The van der Waals surface area contributed by atoms with Crippen molar-refractivity contribution in [1.82, 2.24) is 20.2 Å². The second-order valence-electron chi connectivity index (χ2n) is 6.15. The third-order valence-corrected chi connectivity index (χ3v) is 5.05. The smallest absolute Gasteiger partial charge is 0.249 e. The van der Waals surface area contributed by atoms with Crippen LogP contribution in [0.4, 0.5) is 5.95 Å².